The minimum Gasteiger partial charge on any atom is -0.461 e. The summed E-state index contributed by atoms with van der Waals surface area (Å²) in [5, 5.41) is 2.55. The summed E-state index contributed by atoms with van der Waals surface area (Å²) in [6.45, 7) is 0. The molecule has 4 aliphatic rings. The van der Waals surface area contributed by atoms with Crippen LogP contribution in [0.3, 0.4) is 0 Å². The Morgan fingerprint density at radius 1 is 0.900 bits per heavy atom. The predicted molar refractivity (Wildman–Crippen MR) is 108 cm³/mol. The maximum Gasteiger partial charge on any atom is 0.232 e. The molecular weight excluding hydrogens is 378 g/mol. The Hall–Kier alpha value is -3.73. The van der Waals surface area contributed by atoms with E-state index in [2.05, 4.69) is 5.32 Å². The quantitative estimate of drug-likeness (QED) is 0.419. The molecule has 0 radical (unpaired) electrons. The number of furan rings is 1. The van der Waals surface area contributed by atoms with Crippen molar-refractivity contribution in [1.29, 1.82) is 0 Å². The number of amides is 2. The third kappa shape index (κ3) is 1.99. The molecule has 5 nitrogen and oxygen atoms in total. The number of carbonyl (C=O) groups excluding carboxylic acids is 3. The van der Waals surface area contributed by atoms with Gasteiger partial charge < -0.3 is 4.42 Å². The second kappa shape index (κ2) is 5.89. The molecule has 2 atom stereocenters. The number of ketones is 1. The summed E-state index contributed by atoms with van der Waals surface area (Å²) < 4.78 is 5.24. The average Bonchev–Trinajstić information content (AvgIpc) is 3.41. The van der Waals surface area contributed by atoms with E-state index in [4.69, 9.17) is 4.42 Å². The van der Waals surface area contributed by atoms with Crippen LogP contribution in [0.5, 0.6) is 0 Å². The number of carbonyl (C=O) groups is 3. The predicted octanol–water partition coefficient (Wildman–Crippen LogP) is 3.35. The van der Waals surface area contributed by atoms with Crippen molar-refractivity contribution in [2.45, 2.75) is 11.3 Å². The van der Waals surface area contributed by atoms with Crippen LogP contribution in [-0.2, 0) is 15.0 Å². The van der Waals surface area contributed by atoms with Crippen LogP contribution in [-0.4, -0.2) is 17.6 Å². The molecule has 146 valence electrons. The molecule has 7 rings (SSSR count). The minimum atomic E-state index is -0.898. The van der Waals surface area contributed by atoms with Crippen molar-refractivity contribution in [2.24, 2.45) is 11.8 Å². The molecule has 1 aliphatic heterocycles. The molecule has 30 heavy (non-hydrogen) atoms. The zero-order valence-electron chi connectivity index (χ0n) is 15.9. The highest BCUT2D eigenvalue weighted by Crippen LogP contribution is 2.63. The highest BCUT2D eigenvalue weighted by molar-refractivity contribution is 6.09. The van der Waals surface area contributed by atoms with Crippen LogP contribution < -0.4 is 5.32 Å². The van der Waals surface area contributed by atoms with Crippen LogP contribution in [0, 0.1) is 11.8 Å². The number of benzene rings is 2. The van der Waals surface area contributed by atoms with Gasteiger partial charge in [-0.15, -0.1) is 0 Å². The van der Waals surface area contributed by atoms with Gasteiger partial charge >= 0.3 is 0 Å². The van der Waals surface area contributed by atoms with Gasteiger partial charge in [-0.25, -0.2) is 0 Å². The lowest BCUT2D eigenvalue weighted by atomic mass is 9.47. The van der Waals surface area contributed by atoms with Gasteiger partial charge in [0.1, 0.15) is 0 Å². The molecule has 0 saturated carbocycles. The monoisotopic (exact) mass is 395 g/mol. The normalized spacial score (nSPS) is 28.2. The van der Waals surface area contributed by atoms with Crippen LogP contribution in [0.4, 0.5) is 0 Å². The molecule has 1 aromatic heterocycles. The number of allylic oxidation sites excluding steroid dienone is 2. The number of rotatable bonds is 3. The van der Waals surface area contributed by atoms with Gasteiger partial charge in [-0.3, -0.25) is 19.7 Å². The minimum absolute atomic E-state index is 0.176. The molecule has 2 bridgehead atoms. The van der Waals surface area contributed by atoms with E-state index >= 15 is 0 Å². The lowest BCUT2D eigenvalue weighted by Crippen LogP contribution is -2.52. The number of hydrogen-bond acceptors (Lipinski definition) is 4. The van der Waals surface area contributed by atoms with Gasteiger partial charge in [-0.05, 0) is 40.5 Å². The smallest absolute Gasteiger partial charge is 0.232 e. The summed E-state index contributed by atoms with van der Waals surface area (Å²) in [7, 11) is 0. The van der Waals surface area contributed by atoms with Crippen molar-refractivity contribution in [1.82, 2.24) is 5.32 Å². The lowest BCUT2D eigenvalue weighted by Gasteiger charge is -2.53. The number of hydrogen-bond donors (Lipinski definition) is 1. The Balaban J connectivity index is 1.65. The molecule has 1 fully saturated rings. The van der Waals surface area contributed by atoms with E-state index in [1.54, 1.807) is 18.2 Å². The van der Waals surface area contributed by atoms with Crippen LogP contribution in [0.15, 0.2) is 83.5 Å². The summed E-state index contributed by atoms with van der Waals surface area (Å²) in [6.07, 6.45) is 4.74. The van der Waals surface area contributed by atoms with Crippen LogP contribution in [0.25, 0.3) is 0 Å². The molecule has 2 aromatic carbocycles. The van der Waals surface area contributed by atoms with Crippen molar-refractivity contribution in [3.63, 3.8) is 0 Å². The van der Waals surface area contributed by atoms with E-state index in [-0.39, 0.29) is 29.3 Å². The first-order valence-electron chi connectivity index (χ1n) is 9.93. The topological polar surface area (TPSA) is 76.4 Å². The summed E-state index contributed by atoms with van der Waals surface area (Å²) in [5.74, 6) is -1.84. The Morgan fingerprint density at radius 3 is 2.20 bits per heavy atom. The van der Waals surface area contributed by atoms with E-state index in [9.17, 15) is 14.4 Å². The average molecular weight is 395 g/mol. The third-order valence-electron chi connectivity index (χ3n) is 6.79. The van der Waals surface area contributed by atoms with E-state index in [0.717, 1.165) is 22.3 Å². The first-order chi connectivity index (χ1) is 14.6. The largest absolute Gasteiger partial charge is 0.461 e. The Morgan fingerprint density at radius 2 is 1.57 bits per heavy atom. The van der Waals surface area contributed by atoms with Gasteiger partial charge in [-0.2, -0.15) is 0 Å². The van der Waals surface area contributed by atoms with Crippen LogP contribution in [0.1, 0.15) is 38.7 Å². The van der Waals surface area contributed by atoms with Crippen molar-refractivity contribution in [2.75, 3.05) is 0 Å². The van der Waals surface area contributed by atoms with E-state index in [0.29, 0.717) is 0 Å². The molecule has 1 saturated heterocycles. The van der Waals surface area contributed by atoms with E-state index in [1.165, 1.54) is 12.3 Å². The van der Waals surface area contributed by atoms with E-state index in [1.807, 2.05) is 48.5 Å². The molecule has 5 heteroatoms. The SMILES string of the molecule is O=C(/C=C/C12c3ccccc3C(c3ccccc31)C1C(=O)NC(=O)C12)c1ccco1. The fourth-order valence-corrected chi connectivity index (χ4v) is 5.75. The molecule has 2 amide bonds. The summed E-state index contributed by atoms with van der Waals surface area (Å²) in [6, 6.07) is 19.1. The lowest BCUT2D eigenvalue weighted by molar-refractivity contribution is -0.126. The Kier molecular flexibility index (Phi) is 3.37. The van der Waals surface area contributed by atoms with Gasteiger partial charge in [0.2, 0.25) is 17.6 Å². The highest BCUT2D eigenvalue weighted by Gasteiger charge is 2.65. The van der Waals surface area contributed by atoms with Crippen molar-refractivity contribution < 1.29 is 18.8 Å². The van der Waals surface area contributed by atoms with Gasteiger partial charge in [0.15, 0.2) is 5.76 Å². The summed E-state index contributed by atoms with van der Waals surface area (Å²) >= 11 is 0. The standard InChI is InChI=1S/C25H17NO4/c27-18(19-10-5-13-30-19)11-12-25-16-8-3-1-6-14(16)20(15-7-2-4-9-17(15)25)21-22(25)24(29)26-23(21)28/h1-13,20-22H,(H,26,28,29)/b12-11+. The van der Waals surface area contributed by atoms with Crippen LogP contribution >= 0.6 is 0 Å². The van der Waals surface area contributed by atoms with Gasteiger partial charge in [0.05, 0.1) is 23.5 Å². The second-order valence-electron chi connectivity index (χ2n) is 8.05. The highest BCUT2D eigenvalue weighted by atomic mass is 16.3. The van der Waals surface area contributed by atoms with Gasteiger partial charge in [-0.1, -0.05) is 54.6 Å². The van der Waals surface area contributed by atoms with Crippen LogP contribution in [0.2, 0.25) is 0 Å². The zero-order chi connectivity index (χ0) is 20.5. The molecule has 3 aliphatic carbocycles. The summed E-state index contributed by atoms with van der Waals surface area (Å²) in [4.78, 5) is 38.6. The molecular formula is C25H17NO4. The third-order valence-corrected chi connectivity index (χ3v) is 6.79. The first kappa shape index (κ1) is 17.2. The molecule has 2 unspecified atom stereocenters. The van der Waals surface area contributed by atoms with Crippen molar-refractivity contribution >= 4 is 17.6 Å². The maximum atomic E-state index is 13.0. The Labute approximate surface area is 172 Å². The second-order valence-corrected chi connectivity index (χ2v) is 8.05. The number of imide groups is 1. The fraction of sp³-hybridized carbons (Fsp3) is 0.160. The van der Waals surface area contributed by atoms with Gasteiger partial charge in [0, 0.05) is 5.92 Å². The van der Waals surface area contributed by atoms with Crippen molar-refractivity contribution in [3.05, 3.63) is 107 Å². The first-order valence-corrected chi connectivity index (χ1v) is 9.93. The van der Waals surface area contributed by atoms with Gasteiger partial charge in [0.25, 0.3) is 0 Å². The summed E-state index contributed by atoms with van der Waals surface area (Å²) in [5.41, 5.74) is 3.13. The molecule has 0 spiro atoms. The van der Waals surface area contributed by atoms with E-state index < -0.39 is 17.3 Å². The zero-order valence-corrected chi connectivity index (χ0v) is 15.9. The maximum absolute atomic E-state index is 13.0. The fourth-order valence-electron chi connectivity index (χ4n) is 5.75. The number of nitrogens with one attached hydrogen (secondary N) is 1. The molecule has 1 N–H and O–H groups in total. The van der Waals surface area contributed by atoms with Crippen molar-refractivity contribution in [3.8, 4) is 0 Å². The Bertz CT molecular complexity index is 1210. The molecule has 2 heterocycles. The molecule has 3 aromatic rings.